The third-order valence-corrected chi connectivity index (χ3v) is 5.41. The molecular formula is C22H27N5. The molecule has 1 unspecified atom stereocenters. The number of imidazole rings is 1. The predicted molar refractivity (Wildman–Crippen MR) is 109 cm³/mol. The maximum Gasteiger partial charge on any atom is 0.124 e. The van der Waals surface area contributed by atoms with E-state index in [1.807, 2.05) is 24.4 Å². The molecule has 0 amide bonds. The number of aryl methyl sites for hydroxylation is 1. The van der Waals surface area contributed by atoms with E-state index < -0.39 is 0 Å². The zero-order chi connectivity index (χ0) is 18.6. The molecule has 0 aliphatic heterocycles. The van der Waals surface area contributed by atoms with E-state index in [1.165, 1.54) is 23.2 Å². The Bertz CT molecular complexity index is 943. The van der Waals surface area contributed by atoms with E-state index in [0.717, 1.165) is 37.3 Å². The summed E-state index contributed by atoms with van der Waals surface area (Å²) in [7, 11) is 2.19. The quantitative estimate of drug-likeness (QED) is 0.683. The second kappa shape index (κ2) is 8.03. The van der Waals surface area contributed by atoms with Gasteiger partial charge in [0, 0.05) is 19.3 Å². The second-order valence-electron chi connectivity index (χ2n) is 7.21. The smallest absolute Gasteiger partial charge is 0.124 e. The summed E-state index contributed by atoms with van der Waals surface area (Å²) in [6.45, 7) is 2.15. The summed E-state index contributed by atoms with van der Waals surface area (Å²) in [4.78, 5) is 12.0. The molecule has 1 aliphatic carbocycles. The van der Waals surface area contributed by atoms with Crippen LogP contribution in [-0.2, 0) is 19.5 Å². The van der Waals surface area contributed by atoms with E-state index in [-0.39, 0.29) is 0 Å². The highest BCUT2D eigenvalue weighted by Gasteiger charge is 2.26. The minimum absolute atomic E-state index is 0.350. The second-order valence-corrected chi connectivity index (χ2v) is 7.21. The number of para-hydroxylation sites is 2. The highest BCUT2D eigenvalue weighted by Crippen LogP contribution is 2.32. The molecule has 2 N–H and O–H groups in total. The van der Waals surface area contributed by atoms with Crippen molar-refractivity contribution in [1.82, 2.24) is 19.4 Å². The first-order valence-electron chi connectivity index (χ1n) is 9.71. The zero-order valence-electron chi connectivity index (χ0n) is 15.9. The van der Waals surface area contributed by atoms with Crippen molar-refractivity contribution in [3.8, 4) is 0 Å². The Kier molecular flexibility index (Phi) is 5.32. The fraction of sp³-hybridized carbons (Fsp3) is 0.364. The lowest BCUT2D eigenvalue weighted by atomic mass is 9.91. The van der Waals surface area contributed by atoms with Crippen LogP contribution in [0, 0.1) is 0 Å². The van der Waals surface area contributed by atoms with E-state index in [4.69, 9.17) is 15.7 Å². The number of nitrogens with zero attached hydrogens (tertiary/aromatic N) is 4. The lowest BCUT2D eigenvalue weighted by Crippen LogP contribution is -2.29. The van der Waals surface area contributed by atoms with Crippen LogP contribution < -0.4 is 5.73 Å². The van der Waals surface area contributed by atoms with Crippen LogP contribution in [0.15, 0.2) is 54.7 Å². The zero-order valence-corrected chi connectivity index (χ0v) is 15.9. The van der Waals surface area contributed by atoms with Crippen LogP contribution in [0.2, 0.25) is 0 Å². The first kappa shape index (κ1) is 17.9. The van der Waals surface area contributed by atoms with Gasteiger partial charge in [-0.1, -0.05) is 30.4 Å². The number of benzene rings is 1. The van der Waals surface area contributed by atoms with Crippen molar-refractivity contribution >= 4 is 11.0 Å². The van der Waals surface area contributed by atoms with Gasteiger partial charge in [0.1, 0.15) is 5.82 Å². The van der Waals surface area contributed by atoms with Gasteiger partial charge in [0.2, 0.25) is 0 Å². The maximum absolute atomic E-state index is 5.62. The third-order valence-electron chi connectivity index (χ3n) is 5.41. The molecule has 0 radical (unpaired) electrons. The molecular weight excluding hydrogens is 334 g/mol. The SMILES string of the molecule is CN(Cc1nc2ccccc2n1CC=CCN)C1CCCc2cccnc21. The Morgan fingerprint density at radius 2 is 2.11 bits per heavy atom. The average Bonchev–Trinajstić information content (AvgIpc) is 3.05. The van der Waals surface area contributed by atoms with Gasteiger partial charge in [-0.3, -0.25) is 9.88 Å². The molecule has 0 bridgehead atoms. The van der Waals surface area contributed by atoms with Gasteiger partial charge in [-0.05, 0) is 50.1 Å². The Balaban J connectivity index is 1.63. The molecule has 0 saturated carbocycles. The summed E-state index contributed by atoms with van der Waals surface area (Å²) in [5.74, 6) is 1.09. The molecule has 0 fully saturated rings. The lowest BCUT2D eigenvalue weighted by Gasteiger charge is -2.32. The van der Waals surface area contributed by atoms with Gasteiger partial charge in [-0.15, -0.1) is 0 Å². The summed E-state index contributed by atoms with van der Waals surface area (Å²) >= 11 is 0. The van der Waals surface area contributed by atoms with Crippen molar-refractivity contribution in [1.29, 1.82) is 0 Å². The Morgan fingerprint density at radius 1 is 1.22 bits per heavy atom. The average molecular weight is 361 g/mol. The summed E-state index contributed by atoms with van der Waals surface area (Å²) in [6, 6.07) is 13.0. The minimum Gasteiger partial charge on any atom is -0.327 e. The molecule has 27 heavy (non-hydrogen) atoms. The molecule has 2 heterocycles. The molecule has 0 saturated heterocycles. The van der Waals surface area contributed by atoms with E-state index >= 15 is 0 Å². The van der Waals surface area contributed by atoms with Crippen LogP contribution in [0.5, 0.6) is 0 Å². The van der Waals surface area contributed by atoms with Gasteiger partial charge in [0.15, 0.2) is 0 Å². The molecule has 3 aromatic rings. The highest BCUT2D eigenvalue weighted by atomic mass is 15.2. The fourth-order valence-corrected chi connectivity index (χ4v) is 4.07. The van der Waals surface area contributed by atoms with Gasteiger partial charge in [0.05, 0.1) is 29.3 Å². The Hall–Kier alpha value is -2.50. The molecule has 0 spiro atoms. The van der Waals surface area contributed by atoms with Crippen LogP contribution >= 0.6 is 0 Å². The fourth-order valence-electron chi connectivity index (χ4n) is 4.07. The van der Waals surface area contributed by atoms with Crippen molar-refractivity contribution < 1.29 is 0 Å². The number of nitrogens with two attached hydrogens (primary N) is 1. The summed E-state index contributed by atoms with van der Waals surface area (Å²) in [6.07, 6.45) is 9.53. The normalized spacial score (nSPS) is 17.1. The van der Waals surface area contributed by atoms with Crippen LogP contribution in [0.4, 0.5) is 0 Å². The summed E-state index contributed by atoms with van der Waals surface area (Å²) in [5.41, 5.74) is 10.5. The van der Waals surface area contributed by atoms with Gasteiger partial charge in [0.25, 0.3) is 0 Å². The first-order valence-corrected chi connectivity index (χ1v) is 9.71. The molecule has 5 nitrogen and oxygen atoms in total. The van der Waals surface area contributed by atoms with Crippen LogP contribution in [0.25, 0.3) is 11.0 Å². The standard InChI is InChI=1S/C22H27N5/c1-26(20-12-6-8-17-9-7-14-24-22(17)20)16-21-25-18-10-2-3-11-19(18)27(21)15-5-4-13-23/h2-5,7,9-11,14,20H,6,8,12-13,15-16,23H2,1H3. The van der Waals surface area contributed by atoms with Crippen molar-refractivity contribution in [3.63, 3.8) is 0 Å². The van der Waals surface area contributed by atoms with Crippen LogP contribution in [0.3, 0.4) is 0 Å². The van der Waals surface area contributed by atoms with E-state index in [0.29, 0.717) is 12.6 Å². The predicted octanol–water partition coefficient (Wildman–Crippen LogP) is 3.46. The molecule has 2 aromatic heterocycles. The molecule has 5 heteroatoms. The van der Waals surface area contributed by atoms with E-state index in [1.54, 1.807) is 0 Å². The van der Waals surface area contributed by atoms with Crippen LogP contribution in [-0.4, -0.2) is 33.0 Å². The first-order chi connectivity index (χ1) is 13.3. The van der Waals surface area contributed by atoms with Crippen molar-refractivity contribution in [3.05, 3.63) is 71.8 Å². The van der Waals surface area contributed by atoms with Crippen LogP contribution in [0.1, 0.15) is 36.0 Å². The van der Waals surface area contributed by atoms with Gasteiger partial charge in [-0.25, -0.2) is 4.98 Å². The Morgan fingerprint density at radius 3 is 3.00 bits per heavy atom. The number of hydrogen-bond acceptors (Lipinski definition) is 4. The lowest BCUT2D eigenvalue weighted by molar-refractivity contribution is 0.202. The van der Waals surface area contributed by atoms with Crippen molar-refractivity contribution in [2.45, 2.75) is 38.4 Å². The Labute approximate surface area is 160 Å². The summed E-state index contributed by atoms with van der Waals surface area (Å²) in [5, 5.41) is 0. The number of hydrogen-bond donors (Lipinski definition) is 1. The molecule has 1 aliphatic rings. The largest absolute Gasteiger partial charge is 0.327 e. The number of fused-ring (bicyclic) bond motifs is 2. The topological polar surface area (TPSA) is 60.0 Å². The molecule has 1 atom stereocenters. The molecule has 140 valence electrons. The van der Waals surface area contributed by atoms with Crippen molar-refractivity contribution in [2.75, 3.05) is 13.6 Å². The molecule has 1 aromatic carbocycles. The van der Waals surface area contributed by atoms with Gasteiger partial charge < -0.3 is 10.3 Å². The maximum atomic E-state index is 5.62. The number of rotatable bonds is 6. The minimum atomic E-state index is 0.350. The van der Waals surface area contributed by atoms with E-state index in [9.17, 15) is 0 Å². The van der Waals surface area contributed by atoms with Crippen molar-refractivity contribution in [2.24, 2.45) is 5.73 Å². The number of allylic oxidation sites excluding steroid dienone is 1. The number of pyridine rings is 1. The monoisotopic (exact) mass is 361 g/mol. The van der Waals surface area contributed by atoms with E-state index in [2.05, 4.69) is 46.9 Å². The molecule has 4 rings (SSSR count). The van der Waals surface area contributed by atoms with Gasteiger partial charge in [-0.2, -0.15) is 0 Å². The highest BCUT2D eigenvalue weighted by molar-refractivity contribution is 5.75. The third kappa shape index (κ3) is 3.66. The number of aromatic nitrogens is 3. The summed E-state index contributed by atoms with van der Waals surface area (Å²) < 4.78 is 2.29. The van der Waals surface area contributed by atoms with Gasteiger partial charge >= 0.3 is 0 Å².